The minimum Gasteiger partial charge on any atom is -0.369 e. The van der Waals surface area contributed by atoms with Crippen LogP contribution in [0, 0.1) is 5.92 Å². The summed E-state index contributed by atoms with van der Waals surface area (Å²) >= 11 is 0. The van der Waals surface area contributed by atoms with Gasteiger partial charge in [0.25, 0.3) is 0 Å². The number of nitrogens with two attached hydrogens (primary N) is 1. The predicted molar refractivity (Wildman–Crippen MR) is 96.4 cm³/mol. The molecule has 2 atom stereocenters. The SMILES string of the molecule is NC(=O)C1CCCN(CCCNC(=O)C(=O)NC2CCC3(C2)OCCO3)C1. The molecule has 2 heterocycles. The van der Waals surface area contributed by atoms with Gasteiger partial charge in [-0.25, -0.2) is 0 Å². The van der Waals surface area contributed by atoms with Crippen LogP contribution in [-0.2, 0) is 23.9 Å². The summed E-state index contributed by atoms with van der Waals surface area (Å²) in [5.74, 6) is -2.11. The molecule has 9 heteroatoms. The highest BCUT2D eigenvalue weighted by Gasteiger charge is 2.44. The van der Waals surface area contributed by atoms with Gasteiger partial charge in [0.1, 0.15) is 0 Å². The molecule has 1 saturated carbocycles. The van der Waals surface area contributed by atoms with E-state index in [-0.39, 0.29) is 17.9 Å². The highest BCUT2D eigenvalue weighted by atomic mass is 16.7. The fourth-order valence-electron chi connectivity index (χ4n) is 4.18. The van der Waals surface area contributed by atoms with Crippen LogP contribution >= 0.6 is 0 Å². The summed E-state index contributed by atoms with van der Waals surface area (Å²) in [5.41, 5.74) is 5.38. The molecule has 1 spiro atoms. The molecule has 0 aromatic heterocycles. The first-order valence-electron chi connectivity index (χ1n) is 9.86. The molecule has 0 radical (unpaired) electrons. The molecule has 2 saturated heterocycles. The largest absolute Gasteiger partial charge is 0.369 e. The fourth-order valence-corrected chi connectivity index (χ4v) is 4.18. The van der Waals surface area contributed by atoms with Crippen LogP contribution < -0.4 is 16.4 Å². The molecule has 0 aromatic rings. The lowest BCUT2D eigenvalue weighted by Crippen LogP contribution is -2.45. The van der Waals surface area contributed by atoms with Crippen LogP contribution in [0.3, 0.4) is 0 Å². The molecule has 3 amide bonds. The van der Waals surface area contributed by atoms with Crippen molar-refractivity contribution in [2.45, 2.75) is 50.4 Å². The van der Waals surface area contributed by atoms with Gasteiger partial charge in [0.2, 0.25) is 5.91 Å². The Kier molecular flexibility index (Phi) is 6.67. The van der Waals surface area contributed by atoms with E-state index in [9.17, 15) is 14.4 Å². The zero-order chi connectivity index (χ0) is 19.3. The van der Waals surface area contributed by atoms with Crippen molar-refractivity contribution in [3.63, 3.8) is 0 Å². The smallest absolute Gasteiger partial charge is 0.309 e. The summed E-state index contributed by atoms with van der Waals surface area (Å²) in [5, 5.41) is 5.42. The van der Waals surface area contributed by atoms with Crippen molar-refractivity contribution in [3.05, 3.63) is 0 Å². The summed E-state index contributed by atoms with van der Waals surface area (Å²) in [6, 6.07) is -0.0968. The standard InChI is InChI=1S/C18H30N4O5/c19-15(23)13-3-1-7-22(12-13)8-2-6-20-16(24)17(25)21-14-4-5-18(11-14)26-9-10-27-18/h13-14H,1-12H2,(H2,19,23)(H,20,24)(H,21,25). The molecule has 3 fully saturated rings. The fraction of sp³-hybridized carbons (Fsp3) is 0.833. The van der Waals surface area contributed by atoms with Crippen molar-refractivity contribution in [3.8, 4) is 0 Å². The van der Waals surface area contributed by atoms with Crippen molar-refractivity contribution in [2.75, 3.05) is 39.4 Å². The summed E-state index contributed by atoms with van der Waals surface area (Å²) in [4.78, 5) is 37.5. The first-order valence-corrected chi connectivity index (χ1v) is 9.86. The number of carbonyl (C=O) groups is 3. The maximum Gasteiger partial charge on any atom is 0.309 e. The zero-order valence-corrected chi connectivity index (χ0v) is 15.7. The Morgan fingerprint density at radius 2 is 1.93 bits per heavy atom. The van der Waals surface area contributed by atoms with E-state index in [0.29, 0.717) is 32.7 Å². The van der Waals surface area contributed by atoms with Crippen LogP contribution in [0.25, 0.3) is 0 Å². The molecule has 3 rings (SSSR count). The summed E-state index contributed by atoms with van der Waals surface area (Å²) < 4.78 is 11.3. The van der Waals surface area contributed by atoms with Crippen molar-refractivity contribution < 1.29 is 23.9 Å². The highest BCUT2D eigenvalue weighted by Crippen LogP contribution is 2.37. The van der Waals surface area contributed by atoms with E-state index in [4.69, 9.17) is 15.2 Å². The molecule has 27 heavy (non-hydrogen) atoms. The molecule has 4 N–H and O–H groups in total. The van der Waals surface area contributed by atoms with E-state index in [2.05, 4.69) is 15.5 Å². The number of likely N-dealkylation sites (tertiary alicyclic amines) is 1. The van der Waals surface area contributed by atoms with E-state index >= 15 is 0 Å². The predicted octanol–water partition coefficient (Wildman–Crippen LogP) is -0.898. The highest BCUT2D eigenvalue weighted by molar-refractivity contribution is 6.35. The molecular weight excluding hydrogens is 352 g/mol. The van der Waals surface area contributed by atoms with Gasteiger partial charge in [0.15, 0.2) is 5.79 Å². The van der Waals surface area contributed by atoms with Gasteiger partial charge in [-0.3, -0.25) is 14.4 Å². The third-order valence-electron chi connectivity index (χ3n) is 5.63. The Bertz CT molecular complexity index is 564. The maximum atomic E-state index is 12.0. The van der Waals surface area contributed by atoms with Gasteiger partial charge in [-0.15, -0.1) is 0 Å². The maximum absolute atomic E-state index is 12.0. The average molecular weight is 382 g/mol. The zero-order valence-electron chi connectivity index (χ0n) is 15.7. The number of rotatable bonds is 6. The van der Waals surface area contributed by atoms with E-state index in [1.54, 1.807) is 0 Å². The lowest BCUT2D eigenvalue weighted by atomic mass is 9.97. The van der Waals surface area contributed by atoms with Crippen LogP contribution in [0.2, 0.25) is 0 Å². The van der Waals surface area contributed by atoms with Gasteiger partial charge in [0.05, 0.1) is 19.1 Å². The molecule has 1 aliphatic carbocycles. The molecule has 2 aliphatic heterocycles. The van der Waals surface area contributed by atoms with E-state index < -0.39 is 17.6 Å². The monoisotopic (exact) mass is 382 g/mol. The van der Waals surface area contributed by atoms with Crippen LogP contribution in [-0.4, -0.2) is 73.8 Å². The molecule has 9 nitrogen and oxygen atoms in total. The second kappa shape index (κ2) is 8.99. The number of nitrogens with one attached hydrogen (secondary N) is 2. The van der Waals surface area contributed by atoms with Gasteiger partial charge in [-0.1, -0.05) is 0 Å². The number of primary amides is 1. The van der Waals surface area contributed by atoms with E-state index in [1.165, 1.54) is 0 Å². The summed E-state index contributed by atoms with van der Waals surface area (Å²) in [7, 11) is 0. The number of ether oxygens (including phenoxy) is 2. The quantitative estimate of drug-likeness (QED) is 0.404. The molecule has 3 aliphatic rings. The van der Waals surface area contributed by atoms with Crippen molar-refractivity contribution in [1.29, 1.82) is 0 Å². The summed E-state index contributed by atoms with van der Waals surface area (Å²) in [6.45, 7) is 3.97. The molecular formula is C18H30N4O5. The lowest BCUT2D eigenvalue weighted by molar-refractivity contribution is -0.152. The van der Waals surface area contributed by atoms with E-state index in [1.807, 2.05) is 0 Å². The van der Waals surface area contributed by atoms with Crippen LogP contribution in [0.1, 0.15) is 38.5 Å². The van der Waals surface area contributed by atoms with Crippen LogP contribution in [0.5, 0.6) is 0 Å². The number of piperidine rings is 1. The Hall–Kier alpha value is -1.71. The molecule has 152 valence electrons. The van der Waals surface area contributed by atoms with Gasteiger partial charge in [-0.2, -0.15) is 0 Å². The number of hydrogen-bond acceptors (Lipinski definition) is 6. The van der Waals surface area contributed by atoms with Gasteiger partial charge < -0.3 is 30.7 Å². The van der Waals surface area contributed by atoms with Gasteiger partial charge in [-0.05, 0) is 38.8 Å². The van der Waals surface area contributed by atoms with Crippen LogP contribution in [0.15, 0.2) is 0 Å². The first kappa shape index (κ1) is 20.0. The Balaban J connectivity index is 1.30. The average Bonchev–Trinajstić information content (AvgIpc) is 3.28. The Morgan fingerprint density at radius 1 is 1.15 bits per heavy atom. The number of carbonyl (C=O) groups excluding carboxylic acids is 3. The van der Waals surface area contributed by atoms with Gasteiger partial charge >= 0.3 is 11.8 Å². The van der Waals surface area contributed by atoms with Crippen molar-refractivity contribution >= 4 is 17.7 Å². The number of amides is 3. The number of hydrogen-bond donors (Lipinski definition) is 3. The van der Waals surface area contributed by atoms with Gasteiger partial charge in [0, 0.05) is 32.0 Å². The number of nitrogens with zero attached hydrogens (tertiary/aromatic N) is 1. The third-order valence-corrected chi connectivity index (χ3v) is 5.63. The second-order valence-electron chi connectivity index (χ2n) is 7.67. The molecule has 0 aromatic carbocycles. The van der Waals surface area contributed by atoms with Crippen molar-refractivity contribution in [2.24, 2.45) is 11.7 Å². The first-order chi connectivity index (χ1) is 13.0. The van der Waals surface area contributed by atoms with Crippen molar-refractivity contribution in [1.82, 2.24) is 15.5 Å². The Morgan fingerprint density at radius 3 is 2.67 bits per heavy atom. The lowest BCUT2D eigenvalue weighted by Gasteiger charge is -2.31. The minimum absolute atomic E-state index is 0.0818. The third kappa shape index (κ3) is 5.40. The van der Waals surface area contributed by atoms with E-state index in [0.717, 1.165) is 45.2 Å². The topological polar surface area (TPSA) is 123 Å². The molecule has 0 bridgehead atoms. The summed E-state index contributed by atoms with van der Waals surface area (Å²) in [6.07, 6.45) is 4.59. The second-order valence-corrected chi connectivity index (χ2v) is 7.67. The Labute approximate surface area is 159 Å². The van der Waals surface area contributed by atoms with Crippen LogP contribution in [0.4, 0.5) is 0 Å². The normalized spacial score (nSPS) is 27.6. The minimum atomic E-state index is -0.613. The molecule has 2 unspecified atom stereocenters.